The first-order valence-electron chi connectivity index (χ1n) is 9.08. The Labute approximate surface area is 153 Å². The number of ether oxygens (including phenoxy) is 1. The van der Waals surface area contributed by atoms with E-state index >= 15 is 0 Å². The van der Waals surface area contributed by atoms with Crippen molar-refractivity contribution in [1.29, 1.82) is 0 Å². The predicted molar refractivity (Wildman–Crippen MR) is 103 cm³/mol. The zero-order valence-corrected chi connectivity index (χ0v) is 17.4. The van der Waals surface area contributed by atoms with Crippen molar-refractivity contribution in [2.45, 2.75) is 46.6 Å². The average Bonchev–Trinajstić information content (AvgIpc) is 2.51. The number of nitrogens with zero attached hydrogens (tertiary/aromatic N) is 2. The van der Waals surface area contributed by atoms with Crippen LogP contribution >= 0.6 is 0 Å². The van der Waals surface area contributed by atoms with E-state index in [-0.39, 0.29) is 11.5 Å². The maximum absolute atomic E-state index is 11.6. The van der Waals surface area contributed by atoms with Gasteiger partial charge in [-0.25, -0.2) is 12.7 Å². The van der Waals surface area contributed by atoms with Gasteiger partial charge in [0.25, 0.3) is 0 Å². The van der Waals surface area contributed by atoms with Crippen LogP contribution in [0.2, 0.25) is 0 Å². The van der Waals surface area contributed by atoms with E-state index in [9.17, 15) is 8.42 Å². The summed E-state index contributed by atoms with van der Waals surface area (Å²) in [5.74, 6) is 1.25. The van der Waals surface area contributed by atoms with E-state index in [2.05, 4.69) is 36.4 Å². The van der Waals surface area contributed by atoms with Gasteiger partial charge < -0.3 is 15.4 Å². The van der Waals surface area contributed by atoms with Gasteiger partial charge in [-0.15, -0.1) is 0 Å². The van der Waals surface area contributed by atoms with E-state index in [1.807, 2.05) is 6.92 Å². The number of piperidine rings is 1. The Morgan fingerprint density at radius 3 is 2.32 bits per heavy atom. The number of rotatable bonds is 7. The van der Waals surface area contributed by atoms with Crippen LogP contribution in [0.4, 0.5) is 0 Å². The van der Waals surface area contributed by atoms with E-state index in [0.717, 1.165) is 31.9 Å². The fraction of sp³-hybridized carbons (Fsp3) is 0.941. The molecule has 1 unspecified atom stereocenters. The van der Waals surface area contributed by atoms with Gasteiger partial charge in [-0.2, -0.15) is 0 Å². The fourth-order valence-electron chi connectivity index (χ4n) is 2.90. The number of guanidine groups is 1. The number of aliphatic imine (C=N–C) groups is 1. The topological polar surface area (TPSA) is 83.0 Å². The van der Waals surface area contributed by atoms with Crippen LogP contribution in [-0.4, -0.2) is 70.9 Å². The van der Waals surface area contributed by atoms with Gasteiger partial charge in [0.2, 0.25) is 10.0 Å². The Bertz CT molecular complexity index is 521. The lowest BCUT2D eigenvalue weighted by Gasteiger charge is -2.31. The molecule has 0 bridgehead atoms. The highest BCUT2D eigenvalue weighted by Crippen LogP contribution is 2.22. The minimum absolute atomic E-state index is 0.0358. The molecule has 7 nitrogen and oxygen atoms in total. The fourth-order valence-corrected chi connectivity index (χ4v) is 3.78. The summed E-state index contributed by atoms with van der Waals surface area (Å²) in [6.45, 7) is 11.9. The van der Waals surface area contributed by atoms with Crippen LogP contribution in [0.3, 0.4) is 0 Å². The smallest absolute Gasteiger partial charge is 0.211 e. The van der Waals surface area contributed by atoms with Crippen molar-refractivity contribution in [1.82, 2.24) is 14.9 Å². The summed E-state index contributed by atoms with van der Waals surface area (Å²) in [5, 5.41) is 6.65. The van der Waals surface area contributed by atoms with Gasteiger partial charge in [-0.3, -0.25) is 4.99 Å². The first-order valence-corrected chi connectivity index (χ1v) is 10.9. The maximum atomic E-state index is 11.6. The molecule has 0 spiro atoms. The average molecular weight is 377 g/mol. The lowest BCUT2D eigenvalue weighted by atomic mass is 9.89. The van der Waals surface area contributed by atoms with Crippen LogP contribution in [0.1, 0.15) is 40.5 Å². The van der Waals surface area contributed by atoms with E-state index < -0.39 is 10.0 Å². The quantitative estimate of drug-likeness (QED) is 0.516. The molecule has 1 rings (SSSR count). The SMILES string of the molecule is CCNC(=NCC(OC)C(C)(C)C)NCC1CCN(S(C)(=O)=O)CC1. The van der Waals surface area contributed by atoms with Crippen molar-refractivity contribution in [3.05, 3.63) is 0 Å². The summed E-state index contributed by atoms with van der Waals surface area (Å²) < 4.78 is 30.3. The Balaban J connectivity index is 2.52. The van der Waals surface area contributed by atoms with E-state index in [1.165, 1.54) is 6.26 Å². The Morgan fingerprint density at radius 2 is 1.88 bits per heavy atom. The van der Waals surface area contributed by atoms with E-state index in [1.54, 1.807) is 11.4 Å². The summed E-state index contributed by atoms with van der Waals surface area (Å²) >= 11 is 0. The number of methoxy groups -OCH3 is 1. The molecule has 0 aromatic rings. The van der Waals surface area contributed by atoms with Gasteiger partial charge in [0, 0.05) is 33.3 Å². The zero-order valence-electron chi connectivity index (χ0n) is 16.6. The number of sulfonamides is 1. The first-order chi connectivity index (χ1) is 11.6. The predicted octanol–water partition coefficient (Wildman–Crippen LogP) is 1.27. The Morgan fingerprint density at radius 1 is 1.28 bits per heavy atom. The molecule has 0 saturated carbocycles. The minimum atomic E-state index is -3.06. The molecule has 0 aliphatic carbocycles. The molecular formula is C17H36N4O3S. The number of hydrogen-bond donors (Lipinski definition) is 2. The largest absolute Gasteiger partial charge is 0.379 e. The molecule has 1 saturated heterocycles. The summed E-state index contributed by atoms with van der Waals surface area (Å²) in [7, 11) is -1.34. The summed E-state index contributed by atoms with van der Waals surface area (Å²) in [4.78, 5) is 4.65. The molecule has 8 heteroatoms. The van der Waals surface area contributed by atoms with Crippen LogP contribution < -0.4 is 10.6 Å². The van der Waals surface area contributed by atoms with Gasteiger partial charge in [-0.05, 0) is 31.1 Å². The molecule has 1 aliphatic heterocycles. The summed E-state index contributed by atoms with van der Waals surface area (Å²) in [6, 6.07) is 0. The second-order valence-electron chi connectivity index (χ2n) is 7.80. The normalized spacial score (nSPS) is 19.7. The van der Waals surface area contributed by atoms with Crippen molar-refractivity contribution >= 4 is 16.0 Å². The molecule has 25 heavy (non-hydrogen) atoms. The van der Waals surface area contributed by atoms with Crippen molar-refractivity contribution in [2.75, 3.05) is 46.1 Å². The third kappa shape index (κ3) is 7.92. The second-order valence-corrected chi connectivity index (χ2v) is 9.78. The molecule has 0 radical (unpaired) electrons. The van der Waals surface area contributed by atoms with Crippen molar-refractivity contribution < 1.29 is 13.2 Å². The molecule has 1 heterocycles. The van der Waals surface area contributed by atoms with Crippen molar-refractivity contribution in [3.8, 4) is 0 Å². The summed E-state index contributed by atoms with van der Waals surface area (Å²) in [6.07, 6.45) is 3.09. The highest BCUT2D eigenvalue weighted by molar-refractivity contribution is 7.88. The molecule has 1 atom stereocenters. The zero-order chi connectivity index (χ0) is 19.1. The lowest BCUT2D eigenvalue weighted by Crippen LogP contribution is -2.44. The van der Waals surface area contributed by atoms with Crippen LogP contribution in [0.5, 0.6) is 0 Å². The third-order valence-electron chi connectivity index (χ3n) is 4.61. The molecule has 148 valence electrons. The van der Waals surface area contributed by atoms with Crippen LogP contribution in [0, 0.1) is 11.3 Å². The van der Waals surface area contributed by atoms with Crippen molar-refractivity contribution in [2.24, 2.45) is 16.3 Å². The van der Waals surface area contributed by atoms with Gasteiger partial charge in [0.1, 0.15) is 0 Å². The maximum Gasteiger partial charge on any atom is 0.211 e. The molecule has 0 aromatic carbocycles. The second kappa shape index (κ2) is 9.73. The highest BCUT2D eigenvalue weighted by Gasteiger charge is 2.26. The van der Waals surface area contributed by atoms with Crippen LogP contribution in [0.25, 0.3) is 0 Å². The molecule has 1 fully saturated rings. The standard InChI is InChI=1S/C17H36N4O3S/c1-7-18-16(20-13-15(24-5)17(2,3)4)19-12-14-8-10-21(11-9-14)25(6,22)23/h14-15H,7-13H2,1-6H3,(H2,18,19,20). The monoisotopic (exact) mass is 376 g/mol. The van der Waals surface area contributed by atoms with E-state index in [0.29, 0.717) is 25.6 Å². The number of nitrogens with one attached hydrogen (secondary N) is 2. The molecular weight excluding hydrogens is 340 g/mol. The molecule has 2 N–H and O–H groups in total. The van der Waals surface area contributed by atoms with Gasteiger partial charge >= 0.3 is 0 Å². The minimum Gasteiger partial charge on any atom is -0.379 e. The van der Waals surface area contributed by atoms with Gasteiger partial charge in [0.15, 0.2) is 5.96 Å². The number of hydrogen-bond acceptors (Lipinski definition) is 4. The Hall–Kier alpha value is -0.860. The van der Waals surface area contributed by atoms with Gasteiger partial charge in [0.05, 0.1) is 18.9 Å². The van der Waals surface area contributed by atoms with Gasteiger partial charge in [-0.1, -0.05) is 20.8 Å². The molecule has 0 aromatic heterocycles. The summed E-state index contributed by atoms with van der Waals surface area (Å²) in [5.41, 5.74) is 0.0358. The molecule has 1 aliphatic rings. The van der Waals surface area contributed by atoms with Crippen LogP contribution in [0.15, 0.2) is 4.99 Å². The third-order valence-corrected chi connectivity index (χ3v) is 5.91. The lowest BCUT2D eigenvalue weighted by molar-refractivity contribution is 0.0241. The first kappa shape index (κ1) is 22.2. The van der Waals surface area contributed by atoms with E-state index in [4.69, 9.17) is 4.74 Å². The van der Waals surface area contributed by atoms with Crippen LogP contribution in [-0.2, 0) is 14.8 Å². The highest BCUT2D eigenvalue weighted by atomic mass is 32.2. The molecule has 0 amide bonds. The Kier molecular flexibility index (Phi) is 8.63. The van der Waals surface area contributed by atoms with Crippen molar-refractivity contribution in [3.63, 3.8) is 0 Å².